The molecule has 15 atom stereocenters. The van der Waals surface area contributed by atoms with E-state index in [1.807, 2.05) is 10.6 Å². The van der Waals surface area contributed by atoms with Gasteiger partial charge in [-0.1, -0.05) is 92.1 Å². The Bertz CT molecular complexity index is 2900. The van der Waals surface area contributed by atoms with Crippen LogP contribution >= 0.6 is 0 Å². The molecule has 1 aliphatic heterocycles. The average molecular weight is 1380 g/mol. The fourth-order valence-corrected chi connectivity index (χ4v) is 9.62. The summed E-state index contributed by atoms with van der Waals surface area (Å²) in [6.45, 7) is 18.3. The van der Waals surface area contributed by atoms with Crippen LogP contribution in [-0.4, -0.2) is 218 Å². The van der Waals surface area contributed by atoms with Gasteiger partial charge in [-0.25, -0.2) is 9.59 Å². The van der Waals surface area contributed by atoms with Crippen molar-refractivity contribution in [2.75, 3.05) is 19.7 Å². The molecule has 35 nitrogen and oxygen atoms in total. The molecule has 0 aromatic heterocycles. The number of rotatable bonds is 23. The van der Waals surface area contributed by atoms with Gasteiger partial charge in [0.25, 0.3) is 0 Å². The third kappa shape index (κ3) is 28.1. The number of aliphatic hydroxyl groups excluding tert-OH is 4. The first-order valence-corrected chi connectivity index (χ1v) is 31.9. The van der Waals surface area contributed by atoms with E-state index in [0.29, 0.717) is 0 Å². The number of esters is 1. The number of primary amides is 1. The first-order chi connectivity index (χ1) is 44.9. The van der Waals surface area contributed by atoms with Crippen molar-refractivity contribution in [3.8, 4) is 0 Å². The highest BCUT2D eigenvalue weighted by atomic mass is 16.6. The van der Waals surface area contributed by atoms with Gasteiger partial charge in [0, 0.05) is 6.54 Å². The number of guanidine groups is 1. The number of carbonyl (C=O) groups excluding carboxylic acids is 13. The highest BCUT2D eigenvalue weighted by molar-refractivity contribution is 6.00. The lowest BCUT2D eigenvalue weighted by atomic mass is 9.95. The molecule has 546 valence electrons. The number of carbonyl (C=O) groups is 13. The van der Waals surface area contributed by atoms with Crippen LogP contribution in [0.15, 0.2) is 30.3 Å². The molecular formula is C62H103N15O20. The Labute approximate surface area is 563 Å². The minimum Gasteiger partial charge on any atom is -0.453 e. The van der Waals surface area contributed by atoms with Crippen LogP contribution in [0.3, 0.4) is 0 Å². The molecule has 0 bridgehead atoms. The van der Waals surface area contributed by atoms with E-state index < -0.39 is 216 Å². The normalized spacial score (nSPS) is 24.0. The Kier molecular flexibility index (Phi) is 33.7. The number of alkyl carbamates (subject to hydrolysis) is 1. The zero-order valence-electron chi connectivity index (χ0n) is 57.5. The Balaban J connectivity index is 3.18. The number of nitrogens with two attached hydrogens (primary N) is 2. The smallest absolute Gasteiger partial charge is 0.408 e. The van der Waals surface area contributed by atoms with Gasteiger partial charge in [-0.05, 0) is 96.5 Å². The van der Waals surface area contributed by atoms with Crippen molar-refractivity contribution in [3.05, 3.63) is 35.9 Å². The number of benzene rings is 1. The predicted molar refractivity (Wildman–Crippen MR) is 347 cm³/mol. The highest BCUT2D eigenvalue weighted by Gasteiger charge is 2.45. The van der Waals surface area contributed by atoms with Crippen molar-refractivity contribution >= 4 is 83.0 Å². The molecule has 1 aromatic carbocycles. The van der Waals surface area contributed by atoms with Gasteiger partial charge in [0.1, 0.15) is 60.0 Å². The van der Waals surface area contributed by atoms with Crippen LogP contribution in [0, 0.1) is 29.1 Å². The number of ether oxygens (including phenoxy) is 2. The van der Waals surface area contributed by atoms with Gasteiger partial charge in [0.2, 0.25) is 65.0 Å². The summed E-state index contributed by atoms with van der Waals surface area (Å²) in [4.78, 5) is 185. The van der Waals surface area contributed by atoms with Crippen LogP contribution in [0.2, 0.25) is 0 Å². The molecule has 22 N–H and O–H groups in total. The van der Waals surface area contributed by atoms with E-state index >= 15 is 9.59 Å². The van der Waals surface area contributed by atoms with Crippen molar-refractivity contribution in [1.82, 2.24) is 63.8 Å². The topological polar surface area (TPSA) is 562 Å². The number of hydrogen-bond acceptors (Lipinski definition) is 21. The summed E-state index contributed by atoms with van der Waals surface area (Å²) in [6.07, 6.45) is -9.91. The monoisotopic (exact) mass is 1380 g/mol. The zero-order chi connectivity index (χ0) is 74.1. The van der Waals surface area contributed by atoms with Crippen LogP contribution in [0.4, 0.5) is 4.79 Å². The summed E-state index contributed by atoms with van der Waals surface area (Å²) in [5.41, 5.74) is 7.57. The largest absolute Gasteiger partial charge is 0.453 e. The maximum atomic E-state index is 15.5. The fraction of sp³-hybridized carbons (Fsp3) is 0.677. The van der Waals surface area contributed by atoms with Crippen molar-refractivity contribution in [2.45, 2.75) is 225 Å². The lowest BCUT2D eigenvalue weighted by Crippen LogP contribution is -2.64. The van der Waals surface area contributed by atoms with Crippen LogP contribution in [0.1, 0.15) is 141 Å². The Morgan fingerprint density at radius 2 is 1.23 bits per heavy atom. The van der Waals surface area contributed by atoms with Crippen LogP contribution in [0.5, 0.6) is 0 Å². The van der Waals surface area contributed by atoms with E-state index in [1.54, 1.807) is 41.5 Å². The second kappa shape index (κ2) is 38.8. The Morgan fingerprint density at radius 1 is 0.680 bits per heavy atom. The van der Waals surface area contributed by atoms with Crippen molar-refractivity contribution < 1.29 is 97.3 Å². The molecule has 1 aromatic rings. The molecule has 1 heterocycles. The number of nitrogens with one attached hydrogen (secondary N) is 13. The lowest BCUT2D eigenvalue weighted by molar-refractivity contribution is -0.159. The molecule has 35 heteroatoms. The first-order valence-electron chi connectivity index (χ1n) is 31.9. The number of hydrogen-bond donors (Lipinski definition) is 20. The summed E-state index contributed by atoms with van der Waals surface area (Å²) < 4.78 is 11.2. The molecule has 0 spiro atoms. The molecule has 12 amide bonds. The van der Waals surface area contributed by atoms with E-state index in [1.165, 1.54) is 78.8 Å². The van der Waals surface area contributed by atoms with E-state index in [9.17, 15) is 78.3 Å². The third-order valence-electron chi connectivity index (χ3n) is 15.1. The van der Waals surface area contributed by atoms with Gasteiger partial charge in [-0.15, -0.1) is 0 Å². The predicted octanol–water partition coefficient (Wildman–Crippen LogP) is -4.93. The van der Waals surface area contributed by atoms with Crippen molar-refractivity contribution in [2.24, 2.45) is 35.1 Å². The molecule has 0 saturated carbocycles. The molecule has 0 radical (unpaired) electrons. The van der Waals surface area contributed by atoms with Gasteiger partial charge < -0.3 is 110 Å². The molecule has 0 aliphatic carbocycles. The van der Waals surface area contributed by atoms with Crippen LogP contribution in [-0.2, 0) is 67.0 Å². The minimum absolute atomic E-state index is 0.00959. The summed E-state index contributed by atoms with van der Waals surface area (Å²) in [6, 6.07) is -12.4. The molecule has 1 aliphatic rings. The quantitative estimate of drug-likeness (QED) is 0.0211. The van der Waals surface area contributed by atoms with Gasteiger partial charge in [0.15, 0.2) is 24.2 Å². The number of amides is 12. The van der Waals surface area contributed by atoms with E-state index in [4.69, 9.17) is 26.4 Å². The summed E-state index contributed by atoms with van der Waals surface area (Å²) in [7, 11) is 0. The maximum Gasteiger partial charge on any atom is 0.408 e. The fourth-order valence-electron chi connectivity index (χ4n) is 9.62. The number of aliphatic hydroxyl groups is 5. The Hall–Kier alpha value is -8.80. The molecule has 2 rings (SSSR count). The highest BCUT2D eigenvalue weighted by Crippen LogP contribution is 2.25. The molecular weight excluding hydrogens is 1270 g/mol. The molecule has 1 fully saturated rings. The SMILES string of the molecule is CC[C@H](C)C1NC(=O)[C@@H](CCCNC(=N)N)NC(=O)[C@H](CC(C)C)NC(=O)[C@H]([C@H](O)C(C)C)NC(=O)[C@@H](NC(=O)[C@H](CC(C)C)NC(=O)[C@H](NC(=O)OC(C)(C)C)C(C)(C)O)[C@@H](c2ccccc2)OC(=O)[C@H](CO)NC(=O)[C@H]([C@H](O)C(N)=O)NC(=O)CNC(=O)C([C@H](C)O)NC1=O. The van der Waals surface area contributed by atoms with Crippen LogP contribution in [0.25, 0.3) is 0 Å². The molecule has 1 saturated heterocycles. The van der Waals surface area contributed by atoms with Gasteiger partial charge in [-0.2, -0.15) is 0 Å². The second-order valence-corrected chi connectivity index (χ2v) is 26.6. The van der Waals surface area contributed by atoms with Gasteiger partial charge in [-0.3, -0.25) is 58.1 Å². The minimum atomic E-state index is -2.61. The Morgan fingerprint density at radius 3 is 1.74 bits per heavy atom. The second-order valence-electron chi connectivity index (χ2n) is 26.6. The number of cyclic esters (lactones) is 1. The van der Waals surface area contributed by atoms with Gasteiger partial charge >= 0.3 is 12.1 Å². The molecule has 2 unspecified atom stereocenters. The maximum absolute atomic E-state index is 15.5. The van der Waals surface area contributed by atoms with E-state index in [-0.39, 0.29) is 44.2 Å². The zero-order valence-corrected chi connectivity index (χ0v) is 57.5. The molecule has 97 heavy (non-hydrogen) atoms. The standard InChI is InChI=1S/C62H103N15O20/c1-15-31(8)39-53(88)74-40(32(9)79)52(87)67-26-38(80)72-42(45(82)48(63)83)55(90)71-37(27-78)58(93)96-46(33-20-17-16-18-21-33)43(76-51(86)36(25-29(4)5)70-57(92)47(62(13,14)95)77-60(94)97-61(10,11)12)56(91)75-41(44(81)30(6)7)54(89)69-35(24-28(2)3)50(85)68-34(49(84)73-39)22-19-23-66-59(64)65/h16-18,20-21,28-32,34-37,39-47,78-79,81-82,95H,15,19,22-27H2,1-14H3,(H2,63,83)(H,67,87)(H,68,85)(H,69,89)(H,70,92)(H,71,90)(H,72,80)(H,73,84)(H,74,88)(H,75,91)(H,76,86)(H,77,94)(H4,64,65,66)/t31-,32-,34+,35-,36-,37-,39?,40?,41-,42-,43-,44+,45-,46+,47-/m0/s1. The lowest BCUT2D eigenvalue weighted by Gasteiger charge is -2.34. The average Bonchev–Trinajstić information content (AvgIpc) is 0.823. The first kappa shape index (κ1) is 84.3. The summed E-state index contributed by atoms with van der Waals surface area (Å²) in [5.74, 6) is -18.6. The van der Waals surface area contributed by atoms with Crippen molar-refractivity contribution in [1.29, 1.82) is 5.41 Å². The third-order valence-corrected chi connectivity index (χ3v) is 15.1. The summed E-state index contributed by atoms with van der Waals surface area (Å²) >= 11 is 0. The summed E-state index contributed by atoms with van der Waals surface area (Å²) in [5, 5.41) is 91.6. The van der Waals surface area contributed by atoms with E-state index in [0.717, 1.165) is 6.92 Å². The van der Waals surface area contributed by atoms with E-state index in [2.05, 4.69) is 53.2 Å². The van der Waals surface area contributed by atoms with Gasteiger partial charge in [0.05, 0.1) is 31.0 Å². The van der Waals surface area contributed by atoms with Crippen LogP contribution < -0.4 is 75.3 Å². The van der Waals surface area contributed by atoms with Crippen molar-refractivity contribution in [3.63, 3.8) is 0 Å².